The number of carbonyl (C=O) groups is 1. The van der Waals surface area contributed by atoms with Crippen LogP contribution >= 0.6 is 0 Å². The highest BCUT2D eigenvalue weighted by atomic mass is 16.5. The van der Waals surface area contributed by atoms with Crippen LogP contribution < -0.4 is 4.74 Å². The van der Waals surface area contributed by atoms with Crippen LogP contribution in [0.2, 0.25) is 0 Å². The lowest BCUT2D eigenvalue weighted by atomic mass is 10.0. The van der Waals surface area contributed by atoms with Crippen molar-refractivity contribution in [2.24, 2.45) is 0 Å². The summed E-state index contributed by atoms with van der Waals surface area (Å²) in [6, 6.07) is 7.48. The topological polar surface area (TPSA) is 67.6 Å². The summed E-state index contributed by atoms with van der Waals surface area (Å²) in [5.41, 5.74) is 1.32. The number of hydrogen-bond acceptors (Lipinski definition) is 4. The van der Waals surface area contributed by atoms with Gasteiger partial charge in [0.1, 0.15) is 5.75 Å². The highest BCUT2D eigenvalue weighted by Gasteiger charge is 2.36. The number of aliphatic hydroxyl groups is 1. The van der Waals surface area contributed by atoms with E-state index in [1.165, 1.54) is 0 Å². The summed E-state index contributed by atoms with van der Waals surface area (Å²) in [5, 5.41) is 14.5. The molecule has 0 radical (unpaired) electrons. The quantitative estimate of drug-likeness (QED) is 0.930. The fourth-order valence-corrected chi connectivity index (χ4v) is 3.17. The number of carbonyl (C=O) groups excluding carboxylic acids is 1. The van der Waals surface area contributed by atoms with Gasteiger partial charge in [-0.25, -0.2) is 0 Å². The molecule has 0 aliphatic carbocycles. The normalized spacial score (nSPS) is 20.8. The molecule has 1 amide bonds. The lowest BCUT2D eigenvalue weighted by Crippen LogP contribution is -2.31. The summed E-state index contributed by atoms with van der Waals surface area (Å²) in [6.07, 6.45) is 3.36. The zero-order chi connectivity index (χ0) is 18.2. The third kappa shape index (κ3) is 3.54. The van der Waals surface area contributed by atoms with Crippen molar-refractivity contribution < 1.29 is 14.6 Å². The Morgan fingerprint density at radius 2 is 2.12 bits per heavy atom. The number of nitrogens with zero attached hydrogens (tertiary/aromatic N) is 3. The Hall–Kier alpha value is -2.34. The molecule has 134 valence electrons. The van der Waals surface area contributed by atoms with Gasteiger partial charge in [-0.05, 0) is 44.9 Å². The molecule has 1 N–H and O–H groups in total. The summed E-state index contributed by atoms with van der Waals surface area (Å²) >= 11 is 0. The van der Waals surface area contributed by atoms with Gasteiger partial charge in [0.05, 0.1) is 36.6 Å². The maximum atomic E-state index is 13.0. The molecule has 25 heavy (non-hydrogen) atoms. The number of amides is 1. The molecule has 3 rings (SSSR count). The van der Waals surface area contributed by atoms with E-state index in [-0.39, 0.29) is 17.5 Å². The van der Waals surface area contributed by atoms with Crippen molar-refractivity contribution in [3.05, 3.63) is 47.8 Å². The number of ether oxygens (including phenoxy) is 1. The van der Waals surface area contributed by atoms with E-state index in [0.29, 0.717) is 18.5 Å². The number of aliphatic hydroxyl groups excluding tert-OH is 1. The lowest BCUT2D eigenvalue weighted by molar-refractivity contribution is 0.0715. The summed E-state index contributed by atoms with van der Waals surface area (Å²) in [7, 11) is 1.62. The summed E-state index contributed by atoms with van der Waals surface area (Å²) in [6.45, 7) is 6.42. The van der Waals surface area contributed by atoms with E-state index >= 15 is 0 Å². The number of likely N-dealkylation sites (tertiary alicyclic amines) is 1. The van der Waals surface area contributed by atoms with Gasteiger partial charge >= 0.3 is 0 Å². The third-order valence-electron chi connectivity index (χ3n) is 4.54. The minimum absolute atomic E-state index is 0.111. The Balaban J connectivity index is 1.88. The first-order valence-corrected chi connectivity index (χ1v) is 8.47. The van der Waals surface area contributed by atoms with E-state index in [4.69, 9.17) is 4.74 Å². The molecule has 0 bridgehead atoms. The Bertz CT molecular complexity index is 763. The molecule has 2 atom stereocenters. The van der Waals surface area contributed by atoms with Crippen molar-refractivity contribution >= 4 is 5.91 Å². The van der Waals surface area contributed by atoms with Crippen molar-refractivity contribution in [3.63, 3.8) is 0 Å². The zero-order valence-corrected chi connectivity index (χ0v) is 15.1. The molecule has 1 aromatic carbocycles. The molecule has 1 fully saturated rings. The van der Waals surface area contributed by atoms with Gasteiger partial charge in [-0.15, -0.1) is 0 Å². The molecule has 0 saturated carbocycles. The smallest absolute Gasteiger partial charge is 0.257 e. The van der Waals surface area contributed by atoms with Crippen LogP contribution in [0.3, 0.4) is 0 Å². The highest BCUT2D eigenvalue weighted by molar-refractivity contribution is 5.94. The van der Waals surface area contributed by atoms with E-state index in [9.17, 15) is 9.90 Å². The fourth-order valence-electron chi connectivity index (χ4n) is 3.17. The summed E-state index contributed by atoms with van der Waals surface area (Å²) in [4.78, 5) is 14.7. The Morgan fingerprint density at radius 1 is 1.36 bits per heavy atom. The van der Waals surface area contributed by atoms with Crippen LogP contribution in [0.5, 0.6) is 5.75 Å². The van der Waals surface area contributed by atoms with Gasteiger partial charge in [-0.1, -0.05) is 12.1 Å². The van der Waals surface area contributed by atoms with Gasteiger partial charge < -0.3 is 14.7 Å². The molecule has 2 heterocycles. The Labute approximate surface area is 148 Å². The third-order valence-corrected chi connectivity index (χ3v) is 4.54. The molecular weight excluding hydrogens is 318 g/mol. The molecule has 1 saturated heterocycles. The van der Waals surface area contributed by atoms with Gasteiger partial charge in [-0.2, -0.15) is 5.10 Å². The molecule has 1 aromatic heterocycles. The maximum Gasteiger partial charge on any atom is 0.257 e. The second kappa shape index (κ2) is 6.52. The van der Waals surface area contributed by atoms with E-state index in [2.05, 4.69) is 5.10 Å². The van der Waals surface area contributed by atoms with Crippen LogP contribution in [-0.4, -0.2) is 45.5 Å². The first kappa shape index (κ1) is 17.5. The van der Waals surface area contributed by atoms with E-state index in [1.807, 2.05) is 45.0 Å². The molecule has 6 heteroatoms. The largest absolute Gasteiger partial charge is 0.497 e. The van der Waals surface area contributed by atoms with Crippen LogP contribution in [-0.2, 0) is 5.54 Å². The number of benzene rings is 1. The van der Waals surface area contributed by atoms with Gasteiger partial charge in [0.15, 0.2) is 0 Å². The van der Waals surface area contributed by atoms with Crippen molar-refractivity contribution in [1.29, 1.82) is 0 Å². The maximum absolute atomic E-state index is 13.0. The van der Waals surface area contributed by atoms with Gasteiger partial charge in [-0.3, -0.25) is 9.48 Å². The predicted octanol–water partition coefficient (Wildman–Crippen LogP) is 2.59. The first-order valence-electron chi connectivity index (χ1n) is 8.47. The molecule has 1 aliphatic rings. The zero-order valence-electron chi connectivity index (χ0n) is 15.1. The molecule has 2 aromatic rings. The van der Waals surface area contributed by atoms with Crippen molar-refractivity contribution in [3.8, 4) is 5.75 Å². The van der Waals surface area contributed by atoms with Crippen LogP contribution in [0.4, 0.5) is 0 Å². The lowest BCUT2D eigenvalue weighted by Gasteiger charge is -2.24. The highest BCUT2D eigenvalue weighted by Crippen LogP contribution is 2.34. The predicted molar refractivity (Wildman–Crippen MR) is 94.6 cm³/mol. The minimum Gasteiger partial charge on any atom is -0.497 e. The van der Waals surface area contributed by atoms with Crippen molar-refractivity contribution in [1.82, 2.24) is 14.7 Å². The van der Waals surface area contributed by atoms with Crippen LogP contribution in [0.1, 0.15) is 49.2 Å². The number of methoxy groups -OCH3 is 1. The fraction of sp³-hybridized carbons (Fsp3) is 0.474. The van der Waals surface area contributed by atoms with E-state index in [1.54, 1.807) is 29.1 Å². The summed E-state index contributed by atoms with van der Waals surface area (Å²) < 4.78 is 7.07. The average molecular weight is 343 g/mol. The monoisotopic (exact) mass is 343 g/mol. The number of β-amino-alcohol motifs (C(OH)–C–C–N with tert-alkyl or cyclic N) is 1. The SMILES string of the molecule is COc1cccc([C@@H]2C[C@H](O)CN2C(=O)c2cnn(C(C)(C)C)c2)c1. The number of hydrogen-bond donors (Lipinski definition) is 1. The molecule has 6 nitrogen and oxygen atoms in total. The average Bonchev–Trinajstić information content (AvgIpc) is 3.21. The molecular formula is C19H25N3O3. The summed E-state index contributed by atoms with van der Waals surface area (Å²) in [5.74, 6) is 0.631. The number of aromatic nitrogens is 2. The van der Waals surface area contributed by atoms with E-state index in [0.717, 1.165) is 11.3 Å². The second-order valence-electron chi connectivity index (χ2n) is 7.48. The minimum atomic E-state index is -0.530. The first-order chi connectivity index (χ1) is 11.8. The van der Waals surface area contributed by atoms with Gasteiger partial charge in [0, 0.05) is 12.7 Å². The van der Waals surface area contributed by atoms with Crippen molar-refractivity contribution in [2.45, 2.75) is 44.9 Å². The van der Waals surface area contributed by atoms with Crippen LogP contribution in [0.15, 0.2) is 36.7 Å². The Kier molecular flexibility index (Phi) is 4.56. The van der Waals surface area contributed by atoms with Gasteiger partial charge in [0.2, 0.25) is 0 Å². The second-order valence-corrected chi connectivity index (χ2v) is 7.48. The molecule has 0 spiro atoms. The van der Waals surface area contributed by atoms with E-state index < -0.39 is 6.10 Å². The standard InChI is InChI=1S/C19H25N3O3/c1-19(2,3)22-11-14(10-20-22)18(24)21-12-15(23)9-17(21)13-6-5-7-16(8-13)25-4/h5-8,10-11,15,17,23H,9,12H2,1-4H3/t15-,17-/m0/s1. The van der Waals surface area contributed by atoms with Gasteiger partial charge in [0.25, 0.3) is 5.91 Å². The molecule has 0 unspecified atom stereocenters. The molecule has 1 aliphatic heterocycles. The Morgan fingerprint density at radius 3 is 2.76 bits per heavy atom. The number of rotatable bonds is 3. The van der Waals surface area contributed by atoms with Crippen molar-refractivity contribution in [2.75, 3.05) is 13.7 Å². The van der Waals surface area contributed by atoms with Crippen LogP contribution in [0, 0.1) is 0 Å². The van der Waals surface area contributed by atoms with Crippen LogP contribution in [0.25, 0.3) is 0 Å².